The Bertz CT molecular complexity index is 664. The van der Waals surface area contributed by atoms with E-state index in [-0.39, 0.29) is 11.7 Å². The second-order valence-corrected chi connectivity index (χ2v) is 4.55. The number of ether oxygens (including phenoxy) is 1. The Balaban J connectivity index is 2.44. The first-order valence-corrected chi connectivity index (χ1v) is 6.17. The largest absolute Gasteiger partial charge is 0.435 e. The molecule has 1 N–H and O–H groups in total. The molecule has 0 aliphatic carbocycles. The smallest absolute Gasteiger partial charge is 0.416 e. The van der Waals surface area contributed by atoms with Gasteiger partial charge in [-0.1, -0.05) is 0 Å². The lowest BCUT2D eigenvalue weighted by Crippen LogP contribution is -2.07. The molecule has 0 atom stereocenters. The van der Waals surface area contributed by atoms with E-state index in [9.17, 15) is 13.2 Å². The molecular formula is C13H15F3N4O. The van der Waals surface area contributed by atoms with Crippen molar-refractivity contribution in [3.05, 3.63) is 29.1 Å². The highest BCUT2D eigenvalue weighted by atomic mass is 19.4. The maximum Gasteiger partial charge on any atom is 0.416 e. The summed E-state index contributed by atoms with van der Waals surface area (Å²) in [7, 11) is 3.22. The Morgan fingerprint density at radius 2 is 1.90 bits per heavy atom. The number of nitrogens with one attached hydrogen (secondary N) is 1. The maximum absolute atomic E-state index is 12.9. The van der Waals surface area contributed by atoms with E-state index in [4.69, 9.17) is 4.74 Å². The van der Waals surface area contributed by atoms with Gasteiger partial charge >= 0.3 is 6.18 Å². The predicted molar refractivity (Wildman–Crippen MR) is 71.5 cm³/mol. The minimum Gasteiger partial charge on any atom is -0.435 e. The standard InChI is InChI=1S/C13H15F3N4O/c1-7-12(8(2)20(4)19-7)21-11-6-9(13(14,15)16)5-10(17-3)18-11/h5-6H,1-4H3,(H,17,18). The number of alkyl halides is 3. The average Bonchev–Trinajstić information content (AvgIpc) is 2.64. The van der Waals surface area contributed by atoms with Gasteiger partial charge in [-0.3, -0.25) is 4.68 Å². The van der Waals surface area contributed by atoms with E-state index in [2.05, 4.69) is 15.4 Å². The zero-order valence-electron chi connectivity index (χ0n) is 12.0. The molecule has 2 heterocycles. The molecule has 2 aromatic heterocycles. The van der Waals surface area contributed by atoms with Gasteiger partial charge in [0, 0.05) is 20.2 Å². The third-order valence-electron chi connectivity index (χ3n) is 3.03. The van der Waals surface area contributed by atoms with Crippen molar-refractivity contribution < 1.29 is 17.9 Å². The zero-order valence-corrected chi connectivity index (χ0v) is 12.0. The third-order valence-corrected chi connectivity index (χ3v) is 3.03. The summed E-state index contributed by atoms with van der Waals surface area (Å²) in [5.74, 6) is 0.360. The number of halogens is 3. The summed E-state index contributed by atoms with van der Waals surface area (Å²) < 4.78 is 45.7. The van der Waals surface area contributed by atoms with Crippen molar-refractivity contribution >= 4 is 5.82 Å². The molecule has 114 valence electrons. The number of anilines is 1. The number of nitrogens with zero attached hydrogens (tertiary/aromatic N) is 3. The quantitative estimate of drug-likeness (QED) is 0.945. The number of hydrogen-bond donors (Lipinski definition) is 1. The molecule has 0 amide bonds. The van der Waals surface area contributed by atoms with Gasteiger partial charge in [-0.05, 0) is 19.9 Å². The molecule has 0 unspecified atom stereocenters. The van der Waals surface area contributed by atoms with Crippen LogP contribution in [0.2, 0.25) is 0 Å². The van der Waals surface area contributed by atoms with Crippen LogP contribution in [-0.4, -0.2) is 21.8 Å². The van der Waals surface area contributed by atoms with Crippen LogP contribution in [0.4, 0.5) is 19.0 Å². The zero-order chi connectivity index (χ0) is 15.8. The molecule has 0 aromatic carbocycles. The van der Waals surface area contributed by atoms with Gasteiger partial charge in [-0.15, -0.1) is 0 Å². The molecule has 0 radical (unpaired) electrons. The maximum atomic E-state index is 12.9. The van der Waals surface area contributed by atoms with Gasteiger partial charge in [-0.2, -0.15) is 23.3 Å². The van der Waals surface area contributed by atoms with Crippen molar-refractivity contribution in [2.45, 2.75) is 20.0 Å². The van der Waals surface area contributed by atoms with Gasteiger partial charge in [-0.25, -0.2) is 0 Å². The van der Waals surface area contributed by atoms with Gasteiger partial charge in [0.25, 0.3) is 0 Å². The average molecular weight is 300 g/mol. The molecule has 0 aliphatic rings. The van der Waals surface area contributed by atoms with E-state index < -0.39 is 11.7 Å². The number of aryl methyl sites for hydroxylation is 2. The van der Waals surface area contributed by atoms with Gasteiger partial charge in [0.2, 0.25) is 5.88 Å². The fourth-order valence-corrected chi connectivity index (χ4v) is 1.86. The number of rotatable bonds is 3. The Hall–Kier alpha value is -2.25. The fourth-order valence-electron chi connectivity index (χ4n) is 1.86. The highest BCUT2D eigenvalue weighted by Crippen LogP contribution is 2.34. The van der Waals surface area contributed by atoms with Crippen molar-refractivity contribution in [3.63, 3.8) is 0 Å². The highest BCUT2D eigenvalue weighted by Gasteiger charge is 2.32. The van der Waals surface area contributed by atoms with Gasteiger partial charge in [0.05, 0.1) is 11.3 Å². The van der Waals surface area contributed by atoms with Crippen LogP contribution >= 0.6 is 0 Å². The predicted octanol–water partition coefficient (Wildman–Crippen LogP) is 3.28. The van der Waals surface area contributed by atoms with E-state index in [1.807, 2.05) is 0 Å². The Morgan fingerprint density at radius 3 is 2.38 bits per heavy atom. The van der Waals surface area contributed by atoms with Crippen LogP contribution in [0.1, 0.15) is 17.0 Å². The molecule has 2 rings (SSSR count). The Kier molecular flexibility index (Phi) is 3.80. The van der Waals surface area contributed by atoms with Gasteiger partial charge in [0.15, 0.2) is 5.75 Å². The van der Waals surface area contributed by atoms with Crippen molar-refractivity contribution in [1.29, 1.82) is 0 Å². The lowest BCUT2D eigenvalue weighted by molar-refractivity contribution is -0.137. The summed E-state index contributed by atoms with van der Waals surface area (Å²) in [6.07, 6.45) is -4.47. The van der Waals surface area contributed by atoms with Crippen LogP contribution in [0.25, 0.3) is 0 Å². The summed E-state index contributed by atoms with van der Waals surface area (Å²) >= 11 is 0. The van der Waals surface area contributed by atoms with E-state index in [0.717, 1.165) is 12.1 Å². The topological polar surface area (TPSA) is 52.0 Å². The van der Waals surface area contributed by atoms with E-state index in [0.29, 0.717) is 17.1 Å². The minimum atomic E-state index is -4.47. The summed E-state index contributed by atoms with van der Waals surface area (Å²) in [6.45, 7) is 3.48. The Morgan fingerprint density at radius 1 is 1.24 bits per heavy atom. The van der Waals surface area contributed by atoms with Crippen LogP contribution in [-0.2, 0) is 13.2 Å². The molecule has 21 heavy (non-hydrogen) atoms. The number of hydrogen-bond acceptors (Lipinski definition) is 4. The van der Waals surface area contributed by atoms with Crippen molar-refractivity contribution in [1.82, 2.24) is 14.8 Å². The van der Waals surface area contributed by atoms with Gasteiger partial charge < -0.3 is 10.1 Å². The van der Waals surface area contributed by atoms with Crippen molar-refractivity contribution in [2.24, 2.45) is 7.05 Å². The molecule has 0 saturated carbocycles. The fraction of sp³-hybridized carbons (Fsp3) is 0.385. The van der Waals surface area contributed by atoms with Crippen LogP contribution in [0.5, 0.6) is 11.6 Å². The molecule has 2 aromatic rings. The summed E-state index contributed by atoms with van der Waals surface area (Å²) in [6, 6.07) is 1.79. The molecule has 0 spiro atoms. The number of pyridine rings is 1. The lowest BCUT2D eigenvalue weighted by atomic mass is 10.2. The first-order valence-electron chi connectivity index (χ1n) is 6.17. The molecule has 0 bridgehead atoms. The summed E-state index contributed by atoms with van der Waals surface area (Å²) in [5, 5.41) is 6.73. The van der Waals surface area contributed by atoms with Crippen LogP contribution in [0.3, 0.4) is 0 Å². The minimum absolute atomic E-state index is 0.0824. The van der Waals surface area contributed by atoms with E-state index in [1.54, 1.807) is 25.6 Å². The molecule has 5 nitrogen and oxygen atoms in total. The lowest BCUT2D eigenvalue weighted by Gasteiger charge is -2.12. The van der Waals surface area contributed by atoms with Gasteiger partial charge in [0.1, 0.15) is 11.5 Å². The summed E-state index contributed by atoms with van der Waals surface area (Å²) in [5.41, 5.74) is 0.467. The normalized spacial score (nSPS) is 11.6. The molecular weight excluding hydrogens is 285 g/mol. The molecule has 0 aliphatic heterocycles. The highest BCUT2D eigenvalue weighted by molar-refractivity contribution is 5.44. The number of aromatic nitrogens is 3. The molecule has 0 saturated heterocycles. The monoisotopic (exact) mass is 300 g/mol. The first-order chi connectivity index (χ1) is 9.72. The van der Waals surface area contributed by atoms with Crippen LogP contribution in [0.15, 0.2) is 12.1 Å². The second kappa shape index (κ2) is 5.27. The first kappa shape index (κ1) is 15.1. The second-order valence-electron chi connectivity index (χ2n) is 4.55. The summed E-state index contributed by atoms with van der Waals surface area (Å²) in [4.78, 5) is 3.98. The molecule has 8 heteroatoms. The molecule has 0 fully saturated rings. The van der Waals surface area contributed by atoms with Crippen molar-refractivity contribution in [3.8, 4) is 11.6 Å². The SMILES string of the molecule is CNc1cc(C(F)(F)F)cc(Oc2c(C)nn(C)c2C)n1. The Labute approximate surface area is 119 Å². The third kappa shape index (κ3) is 3.09. The van der Waals surface area contributed by atoms with Crippen LogP contribution < -0.4 is 10.1 Å². The van der Waals surface area contributed by atoms with Crippen LogP contribution in [0, 0.1) is 13.8 Å². The van der Waals surface area contributed by atoms with E-state index >= 15 is 0 Å². The van der Waals surface area contributed by atoms with E-state index in [1.165, 1.54) is 7.05 Å². The van der Waals surface area contributed by atoms with Crippen molar-refractivity contribution in [2.75, 3.05) is 12.4 Å².